The molecule has 0 spiro atoms. The predicted molar refractivity (Wildman–Crippen MR) is 46.8 cm³/mol. The van der Waals surface area contributed by atoms with Crippen LogP contribution < -0.4 is 0 Å². The molecule has 0 bridgehead atoms. The van der Waals surface area contributed by atoms with Crippen molar-refractivity contribution in [1.29, 1.82) is 0 Å². The molecule has 0 aromatic rings. The van der Waals surface area contributed by atoms with Crippen LogP contribution >= 0.6 is 0 Å². The maximum absolute atomic E-state index is 11.5. The Labute approximate surface area is 73.3 Å². The standard InChI is InChI=1S/C10H16O2/c1-3-5-7-6-9(11)8(4-2)10(7)12/h7-8H,3-6H2,1-2H3. The monoisotopic (exact) mass is 168 g/mol. The van der Waals surface area contributed by atoms with Gasteiger partial charge in [0.15, 0.2) is 0 Å². The van der Waals surface area contributed by atoms with E-state index in [1.807, 2.05) is 6.92 Å². The van der Waals surface area contributed by atoms with Gasteiger partial charge < -0.3 is 0 Å². The van der Waals surface area contributed by atoms with E-state index < -0.39 is 0 Å². The summed E-state index contributed by atoms with van der Waals surface area (Å²) in [7, 11) is 0. The van der Waals surface area contributed by atoms with Crippen molar-refractivity contribution in [2.75, 3.05) is 0 Å². The van der Waals surface area contributed by atoms with Crippen LogP contribution in [0.2, 0.25) is 0 Å². The zero-order chi connectivity index (χ0) is 9.14. The third-order valence-corrected chi connectivity index (χ3v) is 2.63. The van der Waals surface area contributed by atoms with Crippen LogP contribution in [-0.4, -0.2) is 11.6 Å². The minimum atomic E-state index is -0.262. The van der Waals surface area contributed by atoms with Gasteiger partial charge in [0.25, 0.3) is 0 Å². The van der Waals surface area contributed by atoms with Crippen LogP contribution in [0.4, 0.5) is 0 Å². The molecule has 1 rings (SSSR count). The Morgan fingerprint density at radius 3 is 2.42 bits per heavy atom. The molecule has 0 aromatic heterocycles. The van der Waals surface area contributed by atoms with Gasteiger partial charge in [-0.25, -0.2) is 0 Å². The molecule has 2 unspecified atom stereocenters. The summed E-state index contributed by atoms with van der Waals surface area (Å²) < 4.78 is 0. The molecule has 2 heteroatoms. The summed E-state index contributed by atoms with van der Waals surface area (Å²) in [6.07, 6.45) is 3.09. The van der Waals surface area contributed by atoms with Gasteiger partial charge >= 0.3 is 0 Å². The van der Waals surface area contributed by atoms with Gasteiger partial charge in [-0.3, -0.25) is 9.59 Å². The zero-order valence-corrected chi connectivity index (χ0v) is 7.80. The number of carbonyl (C=O) groups is 2. The third kappa shape index (κ3) is 1.57. The SMILES string of the molecule is CCCC1CC(=O)C(CC)C1=O. The van der Waals surface area contributed by atoms with Gasteiger partial charge in [0.1, 0.15) is 11.6 Å². The van der Waals surface area contributed by atoms with Crippen molar-refractivity contribution in [3.05, 3.63) is 0 Å². The van der Waals surface area contributed by atoms with Crippen molar-refractivity contribution in [2.45, 2.75) is 39.5 Å². The molecule has 0 N–H and O–H groups in total. The van der Waals surface area contributed by atoms with Gasteiger partial charge in [-0.2, -0.15) is 0 Å². The molecule has 1 aliphatic carbocycles. The van der Waals surface area contributed by atoms with Crippen molar-refractivity contribution >= 4 is 11.6 Å². The molecular weight excluding hydrogens is 152 g/mol. The van der Waals surface area contributed by atoms with Crippen LogP contribution in [0.5, 0.6) is 0 Å². The largest absolute Gasteiger partial charge is 0.299 e. The van der Waals surface area contributed by atoms with Gasteiger partial charge in [0, 0.05) is 12.3 Å². The van der Waals surface area contributed by atoms with E-state index in [1.165, 1.54) is 0 Å². The summed E-state index contributed by atoms with van der Waals surface area (Å²) in [5, 5.41) is 0. The molecule has 12 heavy (non-hydrogen) atoms. The lowest BCUT2D eigenvalue weighted by Crippen LogP contribution is -2.15. The van der Waals surface area contributed by atoms with Crippen LogP contribution in [0, 0.1) is 11.8 Å². The number of rotatable bonds is 3. The molecule has 0 aromatic carbocycles. The third-order valence-electron chi connectivity index (χ3n) is 2.63. The highest BCUT2D eigenvalue weighted by Crippen LogP contribution is 2.29. The molecule has 0 aliphatic heterocycles. The van der Waals surface area contributed by atoms with Gasteiger partial charge in [-0.1, -0.05) is 20.3 Å². The highest BCUT2D eigenvalue weighted by molar-refractivity contribution is 6.09. The van der Waals surface area contributed by atoms with E-state index >= 15 is 0 Å². The Balaban J connectivity index is 2.62. The van der Waals surface area contributed by atoms with Crippen LogP contribution in [0.3, 0.4) is 0 Å². The smallest absolute Gasteiger partial charge is 0.146 e. The maximum Gasteiger partial charge on any atom is 0.146 e. The summed E-state index contributed by atoms with van der Waals surface area (Å²) in [6, 6.07) is 0. The first-order valence-corrected chi connectivity index (χ1v) is 4.77. The van der Waals surface area contributed by atoms with E-state index in [1.54, 1.807) is 0 Å². The Hall–Kier alpha value is -0.660. The second-order valence-electron chi connectivity index (χ2n) is 3.52. The number of Topliss-reactive ketones (excluding diaryl/α,β-unsaturated/α-hetero) is 2. The molecule has 0 heterocycles. The van der Waals surface area contributed by atoms with Crippen molar-refractivity contribution in [1.82, 2.24) is 0 Å². The van der Waals surface area contributed by atoms with E-state index in [9.17, 15) is 9.59 Å². The summed E-state index contributed by atoms with van der Waals surface area (Å²) in [5.41, 5.74) is 0. The average Bonchev–Trinajstić information content (AvgIpc) is 2.29. The molecule has 0 radical (unpaired) electrons. The molecule has 0 saturated heterocycles. The van der Waals surface area contributed by atoms with Crippen LogP contribution in [0.15, 0.2) is 0 Å². The Bertz CT molecular complexity index is 196. The predicted octanol–water partition coefficient (Wildman–Crippen LogP) is 1.97. The fraction of sp³-hybridized carbons (Fsp3) is 0.800. The lowest BCUT2D eigenvalue weighted by atomic mass is 9.97. The lowest BCUT2D eigenvalue weighted by molar-refractivity contribution is -0.128. The molecule has 1 saturated carbocycles. The molecule has 68 valence electrons. The molecule has 2 atom stereocenters. The minimum absolute atomic E-state index is 0.0486. The Morgan fingerprint density at radius 2 is 2.00 bits per heavy atom. The van der Waals surface area contributed by atoms with E-state index in [4.69, 9.17) is 0 Å². The van der Waals surface area contributed by atoms with E-state index in [0.29, 0.717) is 12.8 Å². The maximum atomic E-state index is 11.5. The van der Waals surface area contributed by atoms with Gasteiger partial charge in [0.2, 0.25) is 0 Å². The van der Waals surface area contributed by atoms with Crippen molar-refractivity contribution in [2.24, 2.45) is 11.8 Å². The molecule has 0 amide bonds. The summed E-state index contributed by atoms with van der Waals surface area (Å²) in [5.74, 6) is 0.152. The lowest BCUT2D eigenvalue weighted by Gasteiger charge is -2.05. The van der Waals surface area contributed by atoms with E-state index in [2.05, 4.69) is 6.92 Å². The van der Waals surface area contributed by atoms with Crippen molar-refractivity contribution in [3.63, 3.8) is 0 Å². The number of hydrogen-bond donors (Lipinski definition) is 0. The van der Waals surface area contributed by atoms with E-state index in [0.717, 1.165) is 12.8 Å². The first-order chi connectivity index (χ1) is 5.70. The normalized spacial score (nSPS) is 29.8. The summed E-state index contributed by atoms with van der Waals surface area (Å²) in [4.78, 5) is 22.8. The number of hydrogen-bond acceptors (Lipinski definition) is 2. The highest BCUT2D eigenvalue weighted by Gasteiger charge is 2.38. The quantitative estimate of drug-likeness (QED) is 0.604. The number of carbonyl (C=O) groups excluding carboxylic acids is 2. The zero-order valence-electron chi connectivity index (χ0n) is 7.80. The topological polar surface area (TPSA) is 34.1 Å². The fourth-order valence-corrected chi connectivity index (χ4v) is 1.95. The second kappa shape index (κ2) is 3.83. The fourth-order valence-electron chi connectivity index (χ4n) is 1.95. The van der Waals surface area contributed by atoms with Gasteiger partial charge in [-0.05, 0) is 12.8 Å². The first-order valence-electron chi connectivity index (χ1n) is 4.77. The Morgan fingerprint density at radius 1 is 1.33 bits per heavy atom. The van der Waals surface area contributed by atoms with Crippen LogP contribution in [0.25, 0.3) is 0 Å². The average molecular weight is 168 g/mol. The highest BCUT2D eigenvalue weighted by atomic mass is 16.2. The molecular formula is C10H16O2. The van der Waals surface area contributed by atoms with Crippen LogP contribution in [-0.2, 0) is 9.59 Å². The summed E-state index contributed by atoms with van der Waals surface area (Å²) >= 11 is 0. The first kappa shape index (κ1) is 9.43. The van der Waals surface area contributed by atoms with Gasteiger partial charge in [0.05, 0.1) is 5.92 Å². The molecule has 1 aliphatic rings. The summed E-state index contributed by atoms with van der Waals surface area (Å²) in [6.45, 7) is 3.96. The Kier molecular flexibility index (Phi) is 3.01. The van der Waals surface area contributed by atoms with Crippen LogP contribution in [0.1, 0.15) is 39.5 Å². The van der Waals surface area contributed by atoms with Crippen molar-refractivity contribution in [3.8, 4) is 0 Å². The number of ketones is 2. The van der Waals surface area contributed by atoms with E-state index in [-0.39, 0.29) is 23.4 Å². The van der Waals surface area contributed by atoms with Gasteiger partial charge in [-0.15, -0.1) is 0 Å². The van der Waals surface area contributed by atoms with Crippen molar-refractivity contribution < 1.29 is 9.59 Å². The minimum Gasteiger partial charge on any atom is -0.299 e. The molecule has 2 nitrogen and oxygen atoms in total. The molecule has 1 fully saturated rings. The second-order valence-corrected chi connectivity index (χ2v) is 3.52.